The second-order valence-electron chi connectivity index (χ2n) is 3.22. The Balaban J connectivity index is 2.84. The van der Waals surface area contributed by atoms with E-state index in [4.69, 9.17) is 11.6 Å². The standard InChI is InChI=1S/C11H12BrCl/c1-8(2)3-4-9-5-6-10(12)7-11(9)13/h3,5-7H,4H2,1-2H3. The van der Waals surface area contributed by atoms with E-state index in [1.165, 1.54) is 11.1 Å². The number of halogens is 2. The van der Waals surface area contributed by atoms with Crippen LogP contribution in [0.2, 0.25) is 5.02 Å². The minimum atomic E-state index is 0.826. The van der Waals surface area contributed by atoms with Gasteiger partial charge >= 0.3 is 0 Å². The van der Waals surface area contributed by atoms with Gasteiger partial charge in [0.05, 0.1) is 0 Å². The summed E-state index contributed by atoms with van der Waals surface area (Å²) in [5, 5.41) is 0.826. The molecule has 0 bridgehead atoms. The Morgan fingerprint density at radius 1 is 1.46 bits per heavy atom. The Labute approximate surface area is 92.7 Å². The Hall–Kier alpha value is -0.270. The molecular formula is C11H12BrCl. The van der Waals surface area contributed by atoms with Gasteiger partial charge in [-0.2, -0.15) is 0 Å². The highest BCUT2D eigenvalue weighted by Crippen LogP contribution is 2.22. The summed E-state index contributed by atoms with van der Waals surface area (Å²) in [6.45, 7) is 4.18. The van der Waals surface area contributed by atoms with Crippen molar-refractivity contribution in [3.63, 3.8) is 0 Å². The molecule has 70 valence electrons. The third kappa shape index (κ3) is 3.53. The van der Waals surface area contributed by atoms with Gasteiger partial charge in [-0.3, -0.25) is 0 Å². The molecule has 0 unspecified atom stereocenters. The van der Waals surface area contributed by atoms with Crippen molar-refractivity contribution in [1.82, 2.24) is 0 Å². The van der Waals surface area contributed by atoms with Crippen molar-refractivity contribution >= 4 is 27.5 Å². The topological polar surface area (TPSA) is 0 Å². The SMILES string of the molecule is CC(C)=CCc1ccc(Br)cc1Cl. The van der Waals surface area contributed by atoms with Gasteiger partial charge in [0.2, 0.25) is 0 Å². The van der Waals surface area contributed by atoms with Crippen LogP contribution in [0.25, 0.3) is 0 Å². The molecular weight excluding hydrogens is 247 g/mol. The summed E-state index contributed by atoms with van der Waals surface area (Å²) >= 11 is 9.43. The van der Waals surface area contributed by atoms with Crippen molar-refractivity contribution in [2.45, 2.75) is 20.3 Å². The molecule has 0 aromatic heterocycles. The zero-order valence-corrected chi connectivity index (χ0v) is 10.1. The van der Waals surface area contributed by atoms with Crippen molar-refractivity contribution < 1.29 is 0 Å². The van der Waals surface area contributed by atoms with Crippen LogP contribution >= 0.6 is 27.5 Å². The summed E-state index contributed by atoms with van der Waals surface area (Å²) < 4.78 is 1.03. The van der Waals surface area contributed by atoms with Crippen LogP contribution in [0.1, 0.15) is 19.4 Å². The van der Waals surface area contributed by atoms with E-state index < -0.39 is 0 Å². The zero-order valence-electron chi connectivity index (χ0n) is 7.77. The molecule has 13 heavy (non-hydrogen) atoms. The largest absolute Gasteiger partial charge is 0.0840 e. The first-order valence-electron chi connectivity index (χ1n) is 4.17. The predicted molar refractivity (Wildman–Crippen MR) is 62.3 cm³/mol. The highest BCUT2D eigenvalue weighted by atomic mass is 79.9. The van der Waals surface area contributed by atoms with E-state index in [-0.39, 0.29) is 0 Å². The third-order valence-electron chi connectivity index (χ3n) is 1.75. The van der Waals surface area contributed by atoms with E-state index in [2.05, 4.69) is 35.9 Å². The fourth-order valence-corrected chi connectivity index (χ4v) is 1.75. The van der Waals surface area contributed by atoms with Gasteiger partial charge in [0.25, 0.3) is 0 Å². The van der Waals surface area contributed by atoms with Crippen LogP contribution in [-0.2, 0) is 6.42 Å². The van der Waals surface area contributed by atoms with Crippen LogP contribution in [0, 0.1) is 0 Å². The maximum atomic E-state index is 6.05. The molecule has 0 aliphatic carbocycles. The summed E-state index contributed by atoms with van der Waals surface area (Å²) in [5.41, 5.74) is 2.49. The Kier molecular flexibility index (Phi) is 4.01. The summed E-state index contributed by atoms with van der Waals surface area (Å²) in [6, 6.07) is 5.99. The molecule has 0 saturated heterocycles. The highest BCUT2D eigenvalue weighted by Gasteiger charge is 1.98. The molecule has 0 aliphatic heterocycles. The molecule has 0 heterocycles. The van der Waals surface area contributed by atoms with Crippen LogP contribution < -0.4 is 0 Å². The van der Waals surface area contributed by atoms with Crippen molar-refractivity contribution in [3.05, 3.63) is 44.9 Å². The van der Waals surface area contributed by atoms with Crippen LogP contribution in [0.15, 0.2) is 34.3 Å². The number of allylic oxidation sites excluding steroid dienone is 2. The molecule has 0 nitrogen and oxygen atoms in total. The van der Waals surface area contributed by atoms with Crippen molar-refractivity contribution in [2.75, 3.05) is 0 Å². The molecule has 0 atom stereocenters. The minimum absolute atomic E-state index is 0.826. The van der Waals surface area contributed by atoms with Gasteiger partial charge in [0.15, 0.2) is 0 Å². The van der Waals surface area contributed by atoms with Gasteiger partial charge in [0.1, 0.15) is 0 Å². The second-order valence-corrected chi connectivity index (χ2v) is 4.54. The average Bonchev–Trinajstić information content (AvgIpc) is 2.02. The Bertz CT molecular complexity index is 325. The van der Waals surface area contributed by atoms with E-state index in [1.807, 2.05) is 18.2 Å². The monoisotopic (exact) mass is 258 g/mol. The lowest BCUT2D eigenvalue weighted by atomic mass is 10.1. The fourth-order valence-electron chi connectivity index (χ4n) is 1.00. The molecule has 2 heteroatoms. The van der Waals surface area contributed by atoms with Gasteiger partial charge in [-0.25, -0.2) is 0 Å². The normalized spacial score (nSPS) is 9.85. The van der Waals surface area contributed by atoms with E-state index in [0.717, 1.165) is 15.9 Å². The second kappa shape index (κ2) is 4.83. The number of rotatable bonds is 2. The smallest absolute Gasteiger partial charge is 0.0452 e. The van der Waals surface area contributed by atoms with Crippen molar-refractivity contribution in [3.8, 4) is 0 Å². The minimum Gasteiger partial charge on any atom is -0.0840 e. The fraction of sp³-hybridized carbons (Fsp3) is 0.273. The predicted octanol–water partition coefficient (Wildman–Crippen LogP) is 4.61. The maximum Gasteiger partial charge on any atom is 0.0452 e. The molecule has 0 aliphatic rings. The zero-order chi connectivity index (χ0) is 9.84. The Morgan fingerprint density at radius 3 is 2.69 bits per heavy atom. The molecule has 0 amide bonds. The molecule has 1 aromatic carbocycles. The maximum absolute atomic E-state index is 6.05. The quantitative estimate of drug-likeness (QED) is 0.680. The Morgan fingerprint density at radius 2 is 2.15 bits per heavy atom. The van der Waals surface area contributed by atoms with Crippen molar-refractivity contribution in [1.29, 1.82) is 0 Å². The summed E-state index contributed by atoms with van der Waals surface area (Å²) in [6.07, 6.45) is 3.09. The van der Waals surface area contributed by atoms with Gasteiger partial charge < -0.3 is 0 Å². The molecule has 1 rings (SSSR count). The molecule has 0 spiro atoms. The van der Waals surface area contributed by atoms with Crippen LogP contribution in [0.5, 0.6) is 0 Å². The molecule has 0 N–H and O–H groups in total. The van der Waals surface area contributed by atoms with E-state index >= 15 is 0 Å². The van der Waals surface area contributed by atoms with Crippen molar-refractivity contribution in [2.24, 2.45) is 0 Å². The lowest BCUT2D eigenvalue weighted by Crippen LogP contribution is -1.83. The lowest BCUT2D eigenvalue weighted by molar-refractivity contribution is 1.21. The molecule has 1 aromatic rings. The van der Waals surface area contributed by atoms with E-state index in [9.17, 15) is 0 Å². The van der Waals surface area contributed by atoms with Gasteiger partial charge in [-0.15, -0.1) is 0 Å². The summed E-state index contributed by atoms with van der Waals surface area (Å²) in [7, 11) is 0. The molecule has 0 fully saturated rings. The first-order valence-corrected chi connectivity index (χ1v) is 5.34. The van der Waals surface area contributed by atoms with Crippen LogP contribution in [0.4, 0.5) is 0 Å². The van der Waals surface area contributed by atoms with Gasteiger partial charge in [0, 0.05) is 9.50 Å². The average molecular weight is 260 g/mol. The van der Waals surface area contributed by atoms with Gasteiger partial charge in [-0.05, 0) is 38.0 Å². The third-order valence-corrected chi connectivity index (χ3v) is 2.59. The van der Waals surface area contributed by atoms with Gasteiger partial charge in [-0.1, -0.05) is 45.2 Å². The summed E-state index contributed by atoms with van der Waals surface area (Å²) in [5.74, 6) is 0. The van der Waals surface area contributed by atoms with Crippen LogP contribution in [0.3, 0.4) is 0 Å². The number of hydrogen-bond donors (Lipinski definition) is 0. The molecule has 0 radical (unpaired) electrons. The first kappa shape index (κ1) is 10.8. The van der Waals surface area contributed by atoms with Crippen LogP contribution in [-0.4, -0.2) is 0 Å². The molecule has 0 saturated carbocycles. The summed E-state index contributed by atoms with van der Waals surface area (Å²) in [4.78, 5) is 0. The van der Waals surface area contributed by atoms with E-state index in [0.29, 0.717) is 0 Å². The number of hydrogen-bond acceptors (Lipinski definition) is 0. The highest BCUT2D eigenvalue weighted by molar-refractivity contribution is 9.10. The number of benzene rings is 1. The lowest BCUT2D eigenvalue weighted by Gasteiger charge is -2.01. The first-order chi connectivity index (χ1) is 6.09. The van der Waals surface area contributed by atoms with E-state index in [1.54, 1.807) is 0 Å².